The molecule has 1 saturated heterocycles. The highest BCUT2D eigenvalue weighted by molar-refractivity contribution is 5.26. The molecular weight excluding hydrogens is 264 g/mol. The van der Waals surface area contributed by atoms with E-state index in [1.165, 1.54) is 0 Å². The van der Waals surface area contributed by atoms with Crippen LogP contribution in [0.1, 0.15) is 17.2 Å². The number of pyridine rings is 1. The van der Waals surface area contributed by atoms with Gasteiger partial charge in [0.15, 0.2) is 0 Å². The van der Waals surface area contributed by atoms with Crippen LogP contribution < -0.4 is 5.56 Å². The molecule has 0 spiro atoms. The molecular formula is C11H13F2NO5. The minimum Gasteiger partial charge on any atom is -0.394 e. The maximum atomic E-state index is 13.9. The van der Waals surface area contributed by atoms with Gasteiger partial charge in [-0.15, -0.1) is 0 Å². The van der Waals surface area contributed by atoms with Crippen molar-refractivity contribution in [2.45, 2.75) is 31.3 Å². The largest absolute Gasteiger partial charge is 0.394 e. The van der Waals surface area contributed by atoms with E-state index in [9.17, 15) is 23.8 Å². The van der Waals surface area contributed by atoms with Crippen LogP contribution in [0.3, 0.4) is 0 Å². The van der Waals surface area contributed by atoms with Crippen LogP contribution in [-0.4, -0.2) is 45.2 Å². The first kappa shape index (κ1) is 14.1. The van der Waals surface area contributed by atoms with Gasteiger partial charge in [0.1, 0.15) is 30.2 Å². The molecule has 106 valence electrons. The van der Waals surface area contributed by atoms with Crippen molar-refractivity contribution in [1.29, 1.82) is 0 Å². The predicted molar refractivity (Wildman–Crippen MR) is 58.4 cm³/mol. The maximum absolute atomic E-state index is 13.9. The third kappa shape index (κ3) is 2.16. The monoisotopic (exact) mass is 277 g/mol. The van der Waals surface area contributed by atoms with E-state index in [4.69, 9.17) is 9.84 Å². The van der Waals surface area contributed by atoms with Crippen molar-refractivity contribution in [2.24, 2.45) is 0 Å². The van der Waals surface area contributed by atoms with Crippen molar-refractivity contribution in [3.05, 3.63) is 33.2 Å². The van der Waals surface area contributed by atoms with Crippen LogP contribution in [0, 0.1) is 18.7 Å². The maximum Gasteiger partial charge on any atom is 0.255 e. The number of aliphatic hydroxyl groups excluding tert-OH is 3. The highest BCUT2D eigenvalue weighted by Crippen LogP contribution is 2.35. The second kappa shape index (κ2) is 4.97. The van der Waals surface area contributed by atoms with Crippen molar-refractivity contribution >= 4 is 0 Å². The number of aliphatic hydroxyl groups is 3. The van der Waals surface area contributed by atoms with Crippen molar-refractivity contribution in [3.8, 4) is 0 Å². The Morgan fingerprint density at radius 1 is 1.32 bits per heavy atom. The summed E-state index contributed by atoms with van der Waals surface area (Å²) in [4.78, 5) is 13.0. The molecule has 1 aromatic rings. The number of ether oxygens (including phenoxy) is 1. The van der Waals surface area contributed by atoms with Crippen molar-refractivity contribution < 1.29 is 28.8 Å². The van der Waals surface area contributed by atoms with Crippen LogP contribution in [0.4, 0.5) is 8.78 Å². The van der Waals surface area contributed by atoms with Gasteiger partial charge in [0, 0.05) is 0 Å². The molecule has 8 heteroatoms. The Kier molecular flexibility index (Phi) is 3.68. The van der Waals surface area contributed by atoms with Gasteiger partial charge in [0.05, 0.1) is 17.7 Å². The van der Waals surface area contributed by atoms with Crippen molar-refractivity contribution in [2.75, 3.05) is 6.61 Å². The zero-order valence-corrected chi connectivity index (χ0v) is 9.93. The number of aromatic nitrogens is 1. The molecule has 4 atom stereocenters. The number of nitrogens with one attached hydrogen (secondary N) is 1. The Balaban J connectivity index is 2.49. The van der Waals surface area contributed by atoms with Crippen LogP contribution >= 0.6 is 0 Å². The summed E-state index contributed by atoms with van der Waals surface area (Å²) in [5, 5.41) is 28.2. The van der Waals surface area contributed by atoms with Gasteiger partial charge in [-0.3, -0.25) is 9.78 Å². The number of halogens is 2. The molecule has 4 N–H and O–H groups in total. The molecule has 0 aliphatic carbocycles. The van der Waals surface area contributed by atoms with E-state index >= 15 is 0 Å². The molecule has 0 aromatic carbocycles. The molecule has 6 nitrogen and oxygen atoms in total. The first-order chi connectivity index (χ1) is 8.88. The third-order valence-electron chi connectivity index (χ3n) is 3.19. The van der Waals surface area contributed by atoms with E-state index in [1.54, 1.807) is 4.98 Å². The Hall–Kier alpha value is -1.35. The zero-order chi connectivity index (χ0) is 14.3. The van der Waals surface area contributed by atoms with Gasteiger partial charge < -0.3 is 20.1 Å². The van der Waals surface area contributed by atoms with Crippen LogP contribution in [0.15, 0.2) is 4.79 Å². The summed E-state index contributed by atoms with van der Waals surface area (Å²) < 4.78 is 32.6. The van der Waals surface area contributed by atoms with E-state index in [0.717, 1.165) is 6.92 Å². The van der Waals surface area contributed by atoms with Gasteiger partial charge in [0.2, 0.25) is 5.95 Å². The smallest absolute Gasteiger partial charge is 0.255 e. The summed E-state index contributed by atoms with van der Waals surface area (Å²) in [5.74, 6) is -2.42. The van der Waals surface area contributed by atoms with Gasteiger partial charge in [-0.25, -0.2) is 4.39 Å². The van der Waals surface area contributed by atoms with E-state index in [1.807, 2.05) is 0 Å². The Bertz CT molecular complexity index is 547. The highest BCUT2D eigenvalue weighted by atomic mass is 19.1. The van der Waals surface area contributed by atoms with E-state index < -0.39 is 53.9 Å². The summed E-state index contributed by atoms with van der Waals surface area (Å²) in [6.07, 6.45) is -5.72. The lowest BCUT2D eigenvalue weighted by molar-refractivity contribution is -0.0249. The summed E-state index contributed by atoms with van der Waals surface area (Å²) in [7, 11) is 0. The van der Waals surface area contributed by atoms with Crippen LogP contribution in [-0.2, 0) is 4.74 Å². The van der Waals surface area contributed by atoms with E-state index in [-0.39, 0.29) is 5.56 Å². The second-order valence-electron chi connectivity index (χ2n) is 4.38. The molecule has 2 rings (SSSR count). The SMILES string of the molecule is Cc1c(F)c(C2OC(CO)C(O)C2O)c(F)[nH]c1=O. The standard InChI is InChI=1S/C11H13F2NO5/c1-3-6(12)5(10(13)14-11(3)18)9-8(17)7(16)4(2-15)19-9/h4,7-9,15-17H,2H2,1H3,(H,14,18). The lowest BCUT2D eigenvalue weighted by Crippen LogP contribution is -2.32. The van der Waals surface area contributed by atoms with Gasteiger partial charge in [0.25, 0.3) is 5.56 Å². The number of rotatable bonds is 2. The van der Waals surface area contributed by atoms with Gasteiger partial charge in [-0.2, -0.15) is 4.39 Å². The van der Waals surface area contributed by atoms with Crippen molar-refractivity contribution in [1.82, 2.24) is 4.98 Å². The van der Waals surface area contributed by atoms with Gasteiger partial charge >= 0.3 is 0 Å². The first-order valence-electron chi connectivity index (χ1n) is 5.58. The van der Waals surface area contributed by atoms with Gasteiger partial charge in [-0.1, -0.05) is 0 Å². The average Bonchev–Trinajstić information content (AvgIpc) is 2.64. The zero-order valence-electron chi connectivity index (χ0n) is 9.93. The fourth-order valence-corrected chi connectivity index (χ4v) is 2.05. The molecule has 4 unspecified atom stereocenters. The number of hydrogen-bond donors (Lipinski definition) is 4. The quantitative estimate of drug-likeness (QED) is 0.525. The Labute approximate surface area is 106 Å². The topological polar surface area (TPSA) is 103 Å². The average molecular weight is 277 g/mol. The molecule has 1 aromatic heterocycles. The molecule has 0 bridgehead atoms. The lowest BCUT2D eigenvalue weighted by atomic mass is 10.0. The third-order valence-corrected chi connectivity index (χ3v) is 3.19. The molecule has 1 fully saturated rings. The number of hydrogen-bond acceptors (Lipinski definition) is 5. The van der Waals surface area contributed by atoms with E-state index in [2.05, 4.69) is 0 Å². The Morgan fingerprint density at radius 2 is 1.95 bits per heavy atom. The fourth-order valence-electron chi connectivity index (χ4n) is 2.05. The summed E-state index contributed by atoms with van der Waals surface area (Å²) in [6.45, 7) is 0.540. The molecule has 0 radical (unpaired) electrons. The summed E-state index contributed by atoms with van der Waals surface area (Å²) in [5.41, 5.74) is -1.95. The first-order valence-corrected chi connectivity index (χ1v) is 5.58. The van der Waals surface area contributed by atoms with Crippen LogP contribution in [0.5, 0.6) is 0 Å². The minimum atomic E-state index is -1.61. The van der Waals surface area contributed by atoms with E-state index in [0.29, 0.717) is 0 Å². The highest BCUT2D eigenvalue weighted by Gasteiger charge is 2.45. The number of aromatic amines is 1. The molecule has 1 aliphatic rings. The second-order valence-corrected chi connectivity index (χ2v) is 4.38. The number of H-pyrrole nitrogens is 1. The van der Waals surface area contributed by atoms with Crippen molar-refractivity contribution in [3.63, 3.8) is 0 Å². The molecule has 2 heterocycles. The lowest BCUT2D eigenvalue weighted by Gasteiger charge is -2.16. The van der Waals surface area contributed by atoms with Crippen LogP contribution in [0.2, 0.25) is 0 Å². The summed E-state index contributed by atoms with van der Waals surface area (Å²) >= 11 is 0. The van der Waals surface area contributed by atoms with Crippen LogP contribution in [0.25, 0.3) is 0 Å². The Morgan fingerprint density at radius 3 is 2.47 bits per heavy atom. The normalized spacial score (nSPS) is 30.8. The molecule has 0 saturated carbocycles. The fraction of sp³-hybridized carbons (Fsp3) is 0.545. The molecule has 1 aliphatic heterocycles. The molecule has 0 amide bonds. The summed E-state index contributed by atoms with van der Waals surface area (Å²) in [6, 6.07) is 0. The van der Waals surface area contributed by atoms with Gasteiger partial charge in [-0.05, 0) is 6.92 Å². The predicted octanol–water partition coefficient (Wildman–Crippen LogP) is -0.884. The minimum absolute atomic E-state index is 0.353. The molecule has 19 heavy (non-hydrogen) atoms.